The molecule has 0 atom stereocenters. The van der Waals surface area contributed by atoms with Crippen molar-refractivity contribution in [1.82, 2.24) is 15.6 Å². The molecule has 6 heteroatoms. The fraction of sp³-hybridized carbons (Fsp3) is 0.444. The van der Waals surface area contributed by atoms with Crippen molar-refractivity contribution >= 4 is 40.8 Å². The lowest BCUT2D eigenvalue weighted by Crippen LogP contribution is -2.51. The van der Waals surface area contributed by atoms with E-state index in [-0.39, 0.29) is 29.4 Å². The molecule has 5 nitrogen and oxygen atoms in total. The Morgan fingerprint density at radius 3 is 2.75 bits per heavy atom. The van der Waals surface area contributed by atoms with Crippen LogP contribution >= 0.6 is 24.0 Å². The van der Waals surface area contributed by atoms with Crippen LogP contribution in [0.5, 0.6) is 0 Å². The average molecular weight is 440 g/mol. The first-order valence-corrected chi connectivity index (χ1v) is 8.13. The number of benzene rings is 1. The monoisotopic (exact) mass is 440 g/mol. The van der Waals surface area contributed by atoms with Gasteiger partial charge in [0.2, 0.25) is 0 Å². The summed E-state index contributed by atoms with van der Waals surface area (Å²) >= 11 is 0. The van der Waals surface area contributed by atoms with Crippen LogP contribution in [-0.2, 0) is 11.3 Å². The molecule has 1 saturated heterocycles. The van der Waals surface area contributed by atoms with Crippen molar-refractivity contribution < 1.29 is 4.74 Å². The second-order valence-corrected chi connectivity index (χ2v) is 6.34. The number of hydrogen-bond acceptors (Lipinski definition) is 3. The molecule has 0 unspecified atom stereocenters. The van der Waals surface area contributed by atoms with Crippen molar-refractivity contribution in [2.24, 2.45) is 10.4 Å². The van der Waals surface area contributed by atoms with Crippen LogP contribution in [0.4, 0.5) is 0 Å². The minimum Gasteiger partial charge on any atom is -0.380 e. The number of fused-ring (bicyclic) bond motifs is 1. The first kappa shape index (κ1) is 18.9. The fourth-order valence-corrected chi connectivity index (χ4v) is 2.65. The molecule has 2 aromatic rings. The summed E-state index contributed by atoms with van der Waals surface area (Å²) in [6.45, 7) is 8.27. The molecule has 24 heavy (non-hydrogen) atoms. The van der Waals surface area contributed by atoms with Crippen LogP contribution in [0.1, 0.15) is 19.4 Å². The van der Waals surface area contributed by atoms with E-state index in [4.69, 9.17) is 9.73 Å². The number of nitrogens with one attached hydrogen (secondary N) is 2. The van der Waals surface area contributed by atoms with Gasteiger partial charge in [0.25, 0.3) is 0 Å². The Morgan fingerprint density at radius 1 is 1.25 bits per heavy atom. The summed E-state index contributed by atoms with van der Waals surface area (Å²) in [7, 11) is 0. The van der Waals surface area contributed by atoms with Crippen molar-refractivity contribution in [3.63, 3.8) is 0 Å². The predicted octanol–water partition coefficient (Wildman–Crippen LogP) is 2.94. The zero-order valence-electron chi connectivity index (χ0n) is 14.2. The molecule has 0 spiro atoms. The summed E-state index contributed by atoms with van der Waals surface area (Å²) in [4.78, 5) is 9.12. The highest BCUT2D eigenvalue weighted by Gasteiger charge is 2.33. The Morgan fingerprint density at radius 2 is 2.04 bits per heavy atom. The Labute approximate surface area is 160 Å². The summed E-state index contributed by atoms with van der Waals surface area (Å²) in [6.07, 6.45) is 1.85. The summed E-state index contributed by atoms with van der Waals surface area (Å²) < 4.78 is 5.30. The third kappa shape index (κ3) is 4.57. The lowest BCUT2D eigenvalue weighted by Gasteiger charge is -2.38. The first-order chi connectivity index (χ1) is 11.2. The summed E-state index contributed by atoms with van der Waals surface area (Å²) in [5.41, 5.74) is 2.42. The molecule has 1 aromatic carbocycles. The normalized spacial score (nSPS) is 16.2. The van der Waals surface area contributed by atoms with Gasteiger partial charge < -0.3 is 15.4 Å². The molecule has 130 valence electrons. The maximum absolute atomic E-state index is 5.30. The number of nitrogens with zero attached hydrogens (tertiary/aromatic N) is 2. The second kappa shape index (κ2) is 8.62. The van der Waals surface area contributed by atoms with E-state index < -0.39 is 0 Å². The quantitative estimate of drug-likeness (QED) is 0.427. The van der Waals surface area contributed by atoms with Gasteiger partial charge in [0.1, 0.15) is 0 Å². The van der Waals surface area contributed by atoms with Crippen LogP contribution in [0, 0.1) is 5.41 Å². The minimum atomic E-state index is 0. The molecule has 0 radical (unpaired) electrons. The maximum Gasteiger partial charge on any atom is 0.191 e. The molecule has 3 rings (SSSR count). The molecule has 0 saturated carbocycles. The van der Waals surface area contributed by atoms with E-state index in [1.807, 2.05) is 30.5 Å². The van der Waals surface area contributed by atoms with E-state index in [0.29, 0.717) is 6.54 Å². The minimum absolute atomic E-state index is 0. The van der Waals surface area contributed by atoms with Gasteiger partial charge in [-0.25, -0.2) is 4.99 Å². The number of rotatable bonds is 5. The predicted molar refractivity (Wildman–Crippen MR) is 109 cm³/mol. The average Bonchev–Trinajstić information content (AvgIpc) is 2.55. The van der Waals surface area contributed by atoms with E-state index in [1.54, 1.807) is 0 Å². The fourth-order valence-electron chi connectivity index (χ4n) is 2.65. The van der Waals surface area contributed by atoms with Gasteiger partial charge in [-0.2, -0.15) is 0 Å². The highest BCUT2D eigenvalue weighted by molar-refractivity contribution is 14.0. The molecule has 2 heterocycles. The van der Waals surface area contributed by atoms with Crippen molar-refractivity contribution in [1.29, 1.82) is 0 Å². The highest BCUT2D eigenvalue weighted by atomic mass is 127. The van der Waals surface area contributed by atoms with Crippen LogP contribution in [0.2, 0.25) is 0 Å². The number of hydrogen-bond donors (Lipinski definition) is 2. The van der Waals surface area contributed by atoms with Gasteiger partial charge in [0.15, 0.2) is 5.96 Å². The molecular weight excluding hydrogens is 415 g/mol. The Hall–Kier alpha value is -1.41. The van der Waals surface area contributed by atoms with E-state index >= 15 is 0 Å². The van der Waals surface area contributed by atoms with Gasteiger partial charge in [-0.05, 0) is 24.6 Å². The lowest BCUT2D eigenvalue weighted by molar-refractivity contribution is -0.0971. The molecule has 0 bridgehead atoms. The van der Waals surface area contributed by atoms with Gasteiger partial charge in [-0.15, -0.1) is 24.0 Å². The lowest BCUT2D eigenvalue weighted by atomic mass is 9.89. The highest BCUT2D eigenvalue weighted by Crippen LogP contribution is 2.25. The van der Waals surface area contributed by atoms with Crippen LogP contribution in [-0.4, -0.2) is 37.2 Å². The van der Waals surface area contributed by atoms with Crippen molar-refractivity contribution in [3.05, 3.63) is 42.1 Å². The molecule has 0 amide bonds. The van der Waals surface area contributed by atoms with E-state index in [2.05, 4.69) is 35.5 Å². The molecule has 1 aliphatic rings. The number of aliphatic imine (C=N–C) groups is 1. The van der Waals surface area contributed by atoms with Crippen LogP contribution in [0.25, 0.3) is 10.9 Å². The van der Waals surface area contributed by atoms with E-state index in [0.717, 1.165) is 43.2 Å². The maximum atomic E-state index is 5.30. The summed E-state index contributed by atoms with van der Waals surface area (Å²) in [5.74, 6) is 0.849. The first-order valence-electron chi connectivity index (χ1n) is 8.13. The zero-order chi connectivity index (χ0) is 16.1. The molecule has 2 N–H and O–H groups in total. The molecule has 0 aliphatic carbocycles. The molecular formula is C18H25IN4O. The number of ether oxygens (including phenoxy) is 1. The zero-order valence-corrected chi connectivity index (χ0v) is 16.5. The van der Waals surface area contributed by atoms with Gasteiger partial charge in [0, 0.05) is 30.1 Å². The van der Waals surface area contributed by atoms with Crippen molar-refractivity contribution in [3.8, 4) is 0 Å². The number of para-hydroxylation sites is 1. The largest absolute Gasteiger partial charge is 0.380 e. The smallest absolute Gasteiger partial charge is 0.191 e. The third-order valence-electron chi connectivity index (χ3n) is 4.07. The van der Waals surface area contributed by atoms with Gasteiger partial charge in [-0.3, -0.25) is 4.98 Å². The summed E-state index contributed by atoms with van der Waals surface area (Å²) in [6, 6.07) is 10.2. The van der Waals surface area contributed by atoms with E-state index in [1.165, 1.54) is 5.56 Å². The number of pyridine rings is 1. The van der Waals surface area contributed by atoms with Gasteiger partial charge in [-0.1, -0.05) is 25.1 Å². The SMILES string of the molecule is CCNC(=NCc1ccnc2ccccc12)NCC1(C)COC1.I. The molecule has 1 aliphatic heterocycles. The van der Waals surface area contributed by atoms with Gasteiger partial charge >= 0.3 is 0 Å². The number of aromatic nitrogens is 1. The topological polar surface area (TPSA) is 58.5 Å². The Balaban J connectivity index is 0.00000208. The standard InChI is InChI=1S/C18H24N4O.HI/c1-3-19-17(22-11-18(2)12-23-13-18)21-10-14-8-9-20-16-7-5-4-6-15(14)16;/h4-9H,3,10-13H2,1-2H3,(H2,19,21,22);1H. The molecule has 1 aromatic heterocycles. The summed E-state index contributed by atoms with van der Waals surface area (Å²) in [5, 5.41) is 7.89. The van der Waals surface area contributed by atoms with Gasteiger partial charge in [0.05, 0.1) is 25.3 Å². The van der Waals surface area contributed by atoms with Crippen molar-refractivity contribution in [2.75, 3.05) is 26.3 Å². The van der Waals surface area contributed by atoms with Crippen LogP contribution < -0.4 is 10.6 Å². The Bertz CT molecular complexity index is 695. The number of guanidine groups is 1. The van der Waals surface area contributed by atoms with Crippen LogP contribution in [0.3, 0.4) is 0 Å². The van der Waals surface area contributed by atoms with Crippen molar-refractivity contribution in [2.45, 2.75) is 20.4 Å². The van der Waals surface area contributed by atoms with Crippen LogP contribution in [0.15, 0.2) is 41.5 Å². The Kier molecular flexibility index (Phi) is 6.79. The number of halogens is 1. The van der Waals surface area contributed by atoms with E-state index in [9.17, 15) is 0 Å². The second-order valence-electron chi connectivity index (χ2n) is 6.34. The third-order valence-corrected chi connectivity index (χ3v) is 4.07. The molecule has 1 fully saturated rings.